The maximum Gasteiger partial charge on any atom is 0.262 e. The minimum atomic E-state index is -3.53. The van der Waals surface area contributed by atoms with E-state index in [9.17, 15) is 8.42 Å². The van der Waals surface area contributed by atoms with Gasteiger partial charge in [0.05, 0.1) is 10.6 Å². The van der Waals surface area contributed by atoms with Crippen molar-refractivity contribution in [1.82, 2.24) is 0 Å². The van der Waals surface area contributed by atoms with Crippen LogP contribution in [0.5, 0.6) is 0 Å². The van der Waals surface area contributed by atoms with Crippen LogP contribution < -0.4 is 4.72 Å². The minimum Gasteiger partial charge on any atom is -0.279 e. The largest absolute Gasteiger partial charge is 0.279 e. The summed E-state index contributed by atoms with van der Waals surface area (Å²) in [5.74, 6) is 0. The van der Waals surface area contributed by atoms with Gasteiger partial charge in [0.2, 0.25) is 0 Å². The highest BCUT2D eigenvalue weighted by molar-refractivity contribution is 7.92. The molecule has 0 aromatic heterocycles. The zero-order valence-electron chi connectivity index (χ0n) is 11.3. The zero-order chi connectivity index (χ0) is 14.0. The molecule has 0 spiro atoms. The lowest BCUT2D eigenvalue weighted by Gasteiger charge is -2.13. The molecule has 2 aromatic rings. The molecule has 0 amide bonds. The Bertz CT molecular complexity index is 706. The minimum absolute atomic E-state index is 0.316. The summed E-state index contributed by atoms with van der Waals surface area (Å²) in [6, 6.07) is 12.5. The summed E-state index contributed by atoms with van der Waals surface area (Å²) in [5.41, 5.74) is 3.37. The van der Waals surface area contributed by atoms with Crippen LogP contribution in [0.15, 0.2) is 47.4 Å². The topological polar surface area (TPSA) is 46.2 Å². The molecule has 4 heteroatoms. The predicted octanol–water partition coefficient (Wildman–Crippen LogP) is 3.41. The Morgan fingerprint density at radius 1 is 0.842 bits per heavy atom. The van der Waals surface area contributed by atoms with Crippen molar-refractivity contribution in [3.63, 3.8) is 0 Å². The molecule has 1 N–H and O–H groups in total. The standard InChI is InChI=1S/C15H17NO2S/c1-11-8-6-9-14(13(11)3)16-19(17,18)15-10-5-4-7-12(15)2/h4-10,16H,1-3H3. The van der Waals surface area contributed by atoms with Crippen LogP contribution in [-0.4, -0.2) is 8.42 Å². The van der Waals surface area contributed by atoms with Gasteiger partial charge >= 0.3 is 0 Å². The monoisotopic (exact) mass is 275 g/mol. The highest BCUT2D eigenvalue weighted by Gasteiger charge is 2.17. The molecule has 0 saturated heterocycles. The van der Waals surface area contributed by atoms with Gasteiger partial charge in [-0.05, 0) is 49.6 Å². The molecular weight excluding hydrogens is 258 g/mol. The molecule has 0 atom stereocenters. The van der Waals surface area contributed by atoms with Crippen molar-refractivity contribution in [3.8, 4) is 0 Å². The van der Waals surface area contributed by atoms with E-state index in [0.717, 1.165) is 16.7 Å². The Morgan fingerprint density at radius 2 is 1.47 bits per heavy atom. The van der Waals surface area contributed by atoms with Crippen LogP contribution in [0.2, 0.25) is 0 Å². The normalized spacial score (nSPS) is 11.3. The molecule has 2 rings (SSSR count). The Labute approximate surface area is 114 Å². The number of rotatable bonds is 3. The molecule has 0 fully saturated rings. The smallest absolute Gasteiger partial charge is 0.262 e. The molecule has 0 saturated carbocycles. The summed E-state index contributed by atoms with van der Waals surface area (Å²) in [4.78, 5) is 0.316. The van der Waals surface area contributed by atoms with Crippen LogP contribution in [-0.2, 0) is 10.0 Å². The second kappa shape index (κ2) is 5.05. The van der Waals surface area contributed by atoms with Gasteiger partial charge < -0.3 is 0 Å². The summed E-state index contributed by atoms with van der Waals surface area (Å²) >= 11 is 0. The number of hydrogen-bond acceptors (Lipinski definition) is 2. The van der Waals surface area contributed by atoms with Gasteiger partial charge in [0, 0.05) is 0 Å². The fourth-order valence-electron chi connectivity index (χ4n) is 1.92. The molecule has 19 heavy (non-hydrogen) atoms. The molecule has 2 aromatic carbocycles. The molecule has 0 radical (unpaired) electrons. The van der Waals surface area contributed by atoms with Crippen LogP contribution in [0.4, 0.5) is 5.69 Å². The summed E-state index contributed by atoms with van der Waals surface area (Å²) in [6.07, 6.45) is 0. The summed E-state index contributed by atoms with van der Waals surface area (Å²) < 4.78 is 27.4. The third kappa shape index (κ3) is 2.79. The van der Waals surface area contributed by atoms with Gasteiger partial charge in [0.15, 0.2) is 0 Å². The fourth-order valence-corrected chi connectivity index (χ4v) is 3.29. The molecule has 0 heterocycles. The predicted molar refractivity (Wildman–Crippen MR) is 77.9 cm³/mol. The van der Waals surface area contributed by atoms with E-state index >= 15 is 0 Å². The summed E-state index contributed by atoms with van der Waals surface area (Å²) in [7, 11) is -3.53. The van der Waals surface area contributed by atoms with E-state index in [2.05, 4.69) is 4.72 Å². The van der Waals surface area contributed by atoms with Crippen molar-refractivity contribution >= 4 is 15.7 Å². The quantitative estimate of drug-likeness (QED) is 0.933. The molecule has 0 aliphatic rings. The van der Waals surface area contributed by atoms with E-state index in [1.807, 2.05) is 32.0 Å². The van der Waals surface area contributed by atoms with Gasteiger partial charge in [0.25, 0.3) is 10.0 Å². The SMILES string of the molecule is Cc1ccccc1S(=O)(=O)Nc1cccc(C)c1C. The first kappa shape index (κ1) is 13.6. The Morgan fingerprint density at radius 3 is 2.16 bits per heavy atom. The molecule has 0 bridgehead atoms. The van der Waals surface area contributed by atoms with E-state index < -0.39 is 10.0 Å². The van der Waals surface area contributed by atoms with Crippen LogP contribution in [0.1, 0.15) is 16.7 Å². The van der Waals surface area contributed by atoms with Crippen molar-refractivity contribution in [2.45, 2.75) is 25.7 Å². The third-order valence-corrected chi connectivity index (χ3v) is 4.76. The van der Waals surface area contributed by atoms with E-state index in [4.69, 9.17) is 0 Å². The Hall–Kier alpha value is -1.81. The van der Waals surface area contributed by atoms with Crippen LogP contribution in [0, 0.1) is 20.8 Å². The number of sulfonamides is 1. The van der Waals surface area contributed by atoms with Crippen molar-refractivity contribution in [2.75, 3.05) is 4.72 Å². The first-order valence-corrected chi connectivity index (χ1v) is 7.55. The molecule has 3 nitrogen and oxygen atoms in total. The van der Waals surface area contributed by atoms with Crippen molar-refractivity contribution in [3.05, 3.63) is 59.2 Å². The first-order valence-electron chi connectivity index (χ1n) is 6.06. The summed E-state index contributed by atoms with van der Waals surface area (Å²) in [5, 5.41) is 0. The maximum absolute atomic E-state index is 12.4. The molecule has 0 unspecified atom stereocenters. The van der Waals surface area contributed by atoms with Gasteiger partial charge in [0.1, 0.15) is 0 Å². The van der Waals surface area contributed by atoms with E-state index in [-0.39, 0.29) is 0 Å². The van der Waals surface area contributed by atoms with E-state index in [0.29, 0.717) is 10.6 Å². The number of aryl methyl sites for hydroxylation is 2. The first-order chi connectivity index (χ1) is 8.92. The summed E-state index contributed by atoms with van der Waals surface area (Å²) in [6.45, 7) is 5.66. The van der Waals surface area contributed by atoms with Gasteiger partial charge in [-0.15, -0.1) is 0 Å². The third-order valence-electron chi connectivity index (χ3n) is 3.23. The average molecular weight is 275 g/mol. The number of nitrogens with one attached hydrogen (secondary N) is 1. The second-order valence-electron chi connectivity index (χ2n) is 4.62. The van der Waals surface area contributed by atoms with E-state index in [1.54, 1.807) is 31.2 Å². The van der Waals surface area contributed by atoms with Crippen molar-refractivity contribution < 1.29 is 8.42 Å². The average Bonchev–Trinajstić information content (AvgIpc) is 2.35. The number of anilines is 1. The zero-order valence-corrected chi connectivity index (χ0v) is 12.1. The van der Waals surface area contributed by atoms with Crippen molar-refractivity contribution in [2.24, 2.45) is 0 Å². The molecular formula is C15H17NO2S. The molecule has 100 valence electrons. The van der Waals surface area contributed by atoms with Crippen LogP contribution >= 0.6 is 0 Å². The van der Waals surface area contributed by atoms with Crippen LogP contribution in [0.3, 0.4) is 0 Å². The van der Waals surface area contributed by atoms with Gasteiger partial charge in [-0.3, -0.25) is 4.72 Å². The Kier molecular flexibility index (Phi) is 3.62. The Balaban J connectivity index is 2.43. The lowest BCUT2D eigenvalue weighted by molar-refractivity contribution is 0.600. The number of benzene rings is 2. The number of hydrogen-bond donors (Lipinski definition) is 1. The van der Waals surface area contributed by atoms with E-state index in [1.165, 1.54) is 0 Å². The highest BCUT2D eigenvalue weighted by atomic mass is 32.2. The lowest BCUT2D eigenvalue weighted by Crippen LogP contribution is -2.15. The fraction of sp³-hybridized carbons (Fsp3) is 0.200. The second-order valence-corrected chi connectivity index (χ2v) is 6.27. The highest BCUT2D eigenvalue weighted by Crippen LogP contribution is 2.23. The van der Waals surface area contributed by atoms with Crippen LogP contribution in [0.25, 0.3) is 0 Å². The molecule has 0 aliphatic carbocycles. The van der Waals surface area contributed by atoms with Gasteiger partial charge in [-0.2, -0.15) is 0 Å². The maximum atomic E-state index is 12.4. The lowest BCUT2D eigenvalue weighted by atomic mass is 10.1. The van der Waals surface area contributed by atoms with Gasteiger partial charge in [-0.1, -0.05) is 30.3 Å². The van der Waals surface area contributed by atoms with Crippen molar-refractivity contribution in [1.29, 1.82) is 0 Å². The molecule has 0 aliphatic heterocycles. The van der Waals surface area contributed by atoms with Gasteiger partial charge in [-0.25, -0.2) is 8.42 Å².